The molecular formula is C9H13NO3. The maximum absolute atomic E-state index is 10.4. The molecule has 0 saturated carbocycles. The minimum atomic E-state index is -1.38. The molecule has 0 amide bonds. The molecule has 0 aliphatic rings. The maximum Gasteiger partial charge on any atom is 0.349 e. The number of rotatable bonds is 2. The van der Waals surface area contributed by atoms with E-state index in [4.69, 9.17) is 10.4 Å². The van der Waals surface area contributed by atoms with Crippen LogP contribution >= 0.6 is 0 Å². The van der Waals surface area contributed by atoms with E-state index < -0.39 is 11.5 Å². The number of carboxylic acids is 1. The number of carboxylic acid groups (broad SMARTS) is 1. The zero-order valence-corrected chi connectivity index (χ0v) is 7.96. The van der Waals surface area contributed by atoms with Gasteiger partial charge in [-0.3, -0.25) is 0 Å². The van der Waals surface area contributed by atoms with Crippen LogP contribution in [0.3, 0.4) is 0 Å². The van der Waals surface area contributed by atoms with E-state index in [2.05, 4.69) is 0 Å². The molecule has 0 fully saturated rings. The summed E-state index contributed by atoms with van der Waals surface area (Å²) in [7, 11) is 0. The number of hydrogen-bond acceptors (Lipinski definition) is 3. The SMILES string of the molecule is CC(C)(C)CC(O)=C(C#N)C(=O)O. The van der Waals surface area contributed by atoms with Crippen LogP contribution in [-0.2, 0) is 4.79 Å². The molecule has 0 unspecified atom stereocenters. The minimum Gasteiger partial charge on any atom is -0.511 e. The topological polar surface area (TPSA) is 81.3 Å². The van der Waals surface area contributed by atoms with Gasteiger partial charge >= 0.3 is 5.97 Å². The Kier molecular flexibility index (Phi) is 3.49. The summed E-state index contributed by atoms with van der Waals surface area (Å²) in [5.74, 6) is -1.74. The van der Waals surface area contributed by atoms with Crippen LogP contribution in [0.25, 0.3) is 0 Å². The summed E-state index contributed by atoms with van der Waals surface area (Å²) in [5, 5.41) is 26.2. The summed E-state index contributed by atoms with van der Waals surface area (Å²) in [4.78, 5) is 10.4. The Balaban J connectivity index is 4.82. The van der Waals surface area contributed by atoms with Crippen molar-refractivity contribution in [3.05, 3.63) is 11.3 Å². The van der Waals surface area contributed by atoms with Crippen molar-refractivity contribution in [1.29, 1.82) is 5.26 Å². The van der Waals surface area contributed by atoms with Crippen molar-refractivity contribution in [2.45, 2.75) is 27.2 Å². The van der Waals surface area contributed by atoms with Crippen molar-refractivity contribution in [2.24, 2.45) is 5.41 Å². The summed E-state index contributed by atoms with van der Waals surface area (Å²) in [6.45, 7) is 5.54. The number of nitrogens with zero attached hydrogens (tertiary/aromatic N) is 1. The molecule has 0 spiro atoms. The quantitative estimate of drug-likeness (QED) is 0.389. The smallest absolute Gasteiger partial charge is 0.349 e. The highest BCUT2D eigenvalue weighted by atomic mass is 16.4. The zero-order chi connectivity index (χ0) is 10.6. The average Bonchev–Trinajstić information content (AvgIpc) is 1.82. The van der Waals surface area contributed by atoms with Gasteiger partial charge in [0.05, 0.1) is 0 Å². The van der Waals surface area contributed by atoms with E-state index in [9.17, 15) is 9.90 Å². The van der Waals surface area contributed by atoms with Gasteiger partial charge in [-0.05, 0) is 5.41 Å². The zero-order valence-electron chi connectivity index (χ0n) is 7.96. The van der Waals surface area contributed by atoms with E-state index in [1.165, 1.54) is 6.07 Å². The normalized spacial score (nSPS) is 13.1. The van der Waals surface area contributed by atoms with Gasteiger partial charge in [0.2, 0.25) is 0 Å². The van der Waals surface area contributed by atoms with Crippen LogP contribution in [0.4, 0.5) is 0 Å². The number of nitriles is 1. The highest BCUT2D eigenvalue weighted by Gasteiger charge is 2.19. The second-order valence-electron chi connectivity index (χ2n) is 3.98. The van der Waals surface area contributed by atoms with E-state index >= 15 is 0 Å². The number of carbonyl (C=O) groups is 1. The summed E-state index contributed by atoms with van der Waals surface area (Å²) >= 11 is 0. The second kappa shape index (κ2) is 3.94. The van der Waals surface area contributed by atoms with E-state index in [1.807, 2.05) is 20.8 Å². The number of aliphatic hydroxyl groups is 1. The molecule has 0 saturated heterocycles. The molecule has 4 heteroatoms. The number of aliphatic carboxylic acids is 1. The lowest BCUT2D eigenvalue weighted by Gasteiger charge is -2.17. The van der Waals surface area contributed by atoms with Gasteiger partial charge in [-0.1, -0.05) is 20.8 Å². The Labute approximate surface area is 77.1 Å². The molecule has 0 heterocycles. The molecule has 0 aromatic carbocycles. The van der Waals surface area contributed by atoms with E-state index in [0.717, 1.165) is 0 Å². The number of hydrogen-bond donors (Lipinski definition) is 2. The molecule has 72 valence electrons. The van der Waals surface area contributed by atoms with Crippen LogP contribution in [0.1, 0.15) is 27.2 Å². The molecule has 13 heavy (non-hydrogen) atoms. The molecule has 2 N–H and O–H groups in total. The van der Waals surface area contributed by atoms with Gasteiger partial charge in [-0.2, -0.15) is 5.26 Å². The predicted octanol–water partition coefficient (Wildman–Crippen LogP) is 1.84. The van der Waals surface area contributed by atoms with Crippen molar-refractivity contribution in [3.63, 3.8) is 0 Å². The fourth-order valence-electron chi connectivity index (χ4n) is 0.827. The van der Waals surface area contributed by atoms with Crippen LogP contribution in [0.5, 0.6) is 0 Å². The van der Waals surface area contributed by atoms with Gasteiger partial charge in [-0.15, -0.1) is 0 Å². The van der Waals surface area contributed by atoms with E-state index in [1.54, 1.807) is 0 Å². The summed E-state index contributed by atoms with van der Waals surface area (Å²) in [6, 6.07) is 1.45. The molecule has 0 aromatic rings. The lowest BCUT2D eigenvalue weighted by molar-refractivity contribution is -0.132. The lowest BCUT2D eigenvalue weighted by Crippen LogP contribution is -2.10. The van der Waals surface area contributed by atoms with Gasteiger partial charge in [0.15, 0.2) is 5.57 Å². The third-order valence-electron chi connectivity index (χ3n) is 1.31. The van der Waals surface area contributed by atoms with Crippen molar-refractivity contribution in [1.82, 2.24) is 0 Å². The first-order valence-electron chi connectivity index (χ1n) is 3.83. The molecular weight excluding hydrogens is 170 g/mol. The van der Waals surface area contributed by atoms with Crippen molar-refractivity contribution in [2.75, 3.05) is 0 Å². The van der Waals surface area contributed by atoms with Crippen LogP contribution in [0.2, 0.25) is 0 Å². The van der Waals surface area contributed by atoms with Crippen LogP contribution in [0, 0.1) is 16.7 Å². The molecule has 0 radical (unpaired) electrons. The second-order valence-corrected chi connectivity index (χ2v) is 3.98. The van der Waals surface area contributed by atoms with Crippen molar-refractivity contribution in [3.8, 4) is 6.07 Å². The monoisotopic (exact) mass is 183 g/mol. The standard InChI is InChI=1S/C9H13NO3/c1-9(2,3)4-7(11)6(5-10)8(12)13/h11H,4H2,1-3H3,(H,12,13). The summed E-state index contributed by atoms with van der Waals surface area (Å²) in [6.07, 6.45) is 0.183. The highest BCUT2D eigenvalue weighted by Crippen LogP contribution is 2.24. The molecule has 0 bridgehead atoms. The van der Waals surface area contributed by atoms with Gasteiger partial charge < -0.3 is 10.2 Å². The summed E-state index contributed by atoms with van der Waals surface area (Å²) < 4.78 is 0. The fourth-order valence-corrected chi connectivity index (χ4v) is 0.827. The first kappa shape index (κ1) is 11.5. The van der Waals surface area contributed by atoms with E-state index in [-0.39, 0.29) is 17.6 Å². The molecule has 0 aliphatic carbocycles. The largest absolute Gasteiger partial charge is 0.511 e. The summed E-state index contributed by atoms with van der Waals surface area (Å²) in [5.41, 5.74) is -0.809. The molecule has 4 nitrogen and oxygen atoms in total. The van der Waals surface area contributed by atoms with Crippen LogP contribution in [-0.4, -0.2) is 16.2 Å². The third kappa shape index (κ3) is 4.16. The Morgan fingerprint density at radius 1 is 1.38 bits per heavy atom. The van der Waals surface area contributed by atoms with Gasteiger partial charge in [-0.25, -0.2) is 4.79 Å². The third-order valence-corrected chi connectivity index (χ3v) is 1.31. The predicted molar refractivity (Wildman–Crippen MR) is 47.0 cm³/mol. The number of allylic oxidation sites excluding steroid dienone is 1. The lowest BCUT2D eigenvalue weighted by atomic mass is 9.90. The van der Waals surface area contributed by atoms with Gasteiger partial charge in [0.1, 0.15) is 11.8 Å². The Morgan fingerprint density at radius 2 is 1.85 bits per heavy atom. The first-order chi connectivity index (χ1) is 5.78. The number of aliphatic hydroxyl groups excluding tert-OH is 1. The van der Waals surface area contributed by atoms with Gasteiger partial charge in [0.25, 0.3) is 0 Å². The van der Waals surface area contributed by atoms with E-state index in [0.29, 0.717) is 0 Å². The Hall–Kier alpha value is -1.50. The first-order valence-corrected chi connectivity index (χ1v) is 3.83. The fraction of sp³-hybridized carbons (Fsp3) is 0.556. The van der Waals surface area contributed by atoms with Crippen molar-refractivity contribution < 1.29 is 15.0 Å². The average molecular weight is 183 g/mol. The van der Waals surface area contributed by atoms with Crippen LogP contribution in [0.15, 0.2) is 11.3 Å². The maximum atomic E-state index is 10.4. The molecule has 0 aliphatic heterocycles. The Morgan fingerprint density at radius 3 is 2.08 bits per heavy atom. The minimum absolute atomic E-state index is 0.183. The Bertz CT molecular complexity index is 278. The van der Waals surface area contributed by atoms with Crippen molar-refractivity contribution >= 4 is 5.97 Å². The highest BCUT2D eigenvalue weighted by molar-refractivity contribution is 5.91. The molecule has 0 aromatic heterocycles. The van der Waals surface area contributed by atoms with Gasteiger partial charge in [0, 0.05) is 6.42 Å². The van der Waals surface area contributed by atoms with Crippen LogP contribution < -0.4 is 0 Å². The molecule has 0 rings (SSSR count). The molecule has 0 atom stereocenters.